The van der Waals surface area contributed by atoms with Gasteiger partial charge in [-0.15, -0.1) is 10.2 Å². The summed E-state index contributed by atoms with van der Waals surface area (Å²) in [5.74, 6) is 0.795. The van der Waals surface area contributed by atoms with E-state index in [0.717, 1.165) is 15.7 Å². The summed E-state index contributed by atoms with van der Waals surface area (Å²) in [7, 11) is 0. The molecule has 4 nitrogen and oxygen atoms in total. The molecule has 2 rings (SSSR count). The number of halogens is 2. The van der Waals surface area contributed by atoms with E-state index in [0.29, 0.717) is 28.0 Å². The zero-order chi connectivity index (χ0) is 15.2. The number of hydrogen-bond donors (Lipinski definition) is 1. The van der Waals surface area contributed by atoms with Gasteiger partial charge in [0.2, 0.25) is 11.0 Å². The van der Waals surface area contributed by atoms with E-state index in [-0.39, 0.29) is 5.91 Å². The molecular weight excluding hydrogens is 349 g/mol. The zero-order valence-corrected chi connectivity index (χ0v) is 14.4. The van der Waals surface area contributed by atoms with E-state index >= 15 is 0 Å². The molecule has 0 atom stereocenters. The van der Waals surface area contributed by atoms with Crippen molar-refractivity contribution in [1.82, 2.24) is 10.2 Å². The highest BCUT2D eigenvalue weighted by Gasteiger charge is 2.11. The molecule has 1 aromatic carbocycles. The third-order valence-electron chi connectivity index (χ3n) is 2.58. The molecule has 0 saturated heterocycles. The van der Waals surface area contributed by atoms with Crippen molar-refractivity contribution in [2.45, 2.75) is 24.1 Å². The van der Waals surface area contributed by atoms with Gasteiger partial charge in [-0.2, -0.15) is 0 Å². The summed E-state index contributed by atoms with van der Waals surface area (Å²) in [6.45, 7) is 2.04. The number of hydrogen-bond acceptors (Lipinski definition) is 5. The molecule has 21 heavy (non-hydrogen) atoms. The molecule has 1 aromatic heterocycles. The van der Waals surface area contributed by atoms with Crippen LogP contribution in [0.2, 0.25) is 10.0 Å². The lowest BCUT2D eigenvalue weighted by molar-refractivity contribution is -0.116. The molecule has 1 amide bonds. The van der Waals surface area contributed by atoms with Gasteiger partial charge in [-0.25, -0.2) is 0 Å². The van der Waals surface area contributed by atoms with Gasteiger partial charge in [0, 0.05) is 16.5 Å². The summed E-state index contributed by atoms with van der Waals surface area (Å²) >= 11 is 15.1. The Bertz CT molecular complexity index is 613. The first-order valence-corrected chi connectivity index (χ1v) is 8.85. The van der Waals surface area contributed by atoms with Crippen molar-refractivity contribution in [1.29, 1.82) is 0 Å². The number of rotatable bonds is 6. The fourth-order valence-corrected chi connectivity index (χ4v) is 3.89. The van der Waals surface area contributed by atoms with E-state index in [9.17, 15) is 4.79 Å². The van der Waals surface area contributed by atoms with Crippen molar-refractivity contribution in [3.63, 3.8) is 0 Å². The van der Waals surface area contributed by atoms with Crippen molar-refractivity contribution >= 4 is 57.3 Å². The Morgan fingerprint density at radius 1 is 1.33 bits per heavy atom. The van der Waals surface area contributed by atoms with Gasteiger partial charge in [-0.1, -0.05) is 59.3 Å². The van der Waals surface area contributed by atoms with E-state index in [1.54, 1.807) is 30.0 Å². The van der Waals surface area contributed by atoms with Gasteiger partial charge >= 0.3 is 0 Å². The average Bonchev–Trinajstić information content (AvgIpc) is 2.86. The second-order valence-corrected chi connectivity index (χ2v) is 7.36. The molecule has 1 N–H and O–H groups in total. The van der Waals surface area contributed by atoms with Gasteiger partial charge in [0.1, 0.15) is 0 Å². The molecule has 0 radical (unpaired) electrons. The van der Waals surface area contributed by atoms with Gasteiger partial charge in [0.05, 0.1) is 0 Å². The molecule has 2 aromatic rings. The summed E-state index contributed by atoms with van der Waals surface area (Å²) in [5.41, 5.74) is 0.787. The standard InChI is InChI=1S/C13H13Cl2N3OS2/c1-2-20-13-18-17-12(21-13)16-11(19)7-6-8-9(14)4-3-5-10(8)15/h3-5H,2,6-7H2,1H3,(H,16,17,19). The molecule has 0 spiro atoms. The maximum absolute atomic E-state index is 11.9. The van der Waals surface area contributed by atoms with Crippen molar-refractivity contribution in [3.05, 3.63) is 33.8 Å². The molecule has 0 aliphatic heterocycles. The van der Waals surface area contributed by atoms with Crippen molar-refractivity contribution < 1.29 is 4.79 Å². The molecule has 0 unspecified atom stereocenters. The molecule has 0 aliphatic rings. The highest BCUT2D eigenvalue weighted by atomic mass is 35.5. The normalized spacial score (nSPS) is 10.6. The lowest BCUT2D eigenvalue weighted by atomic mass is 10.1. The summed E-state index contributed by atoms with van der Waals surface area (Å²) in [4.78, 5) is 11.9. The van der Waals surface area contributed by atoms with E-state index in [2.05, 4.69) is 15.5 Å². The number of benzene rings is 1. The minimum absolute atomic E-state index is 0.129. The maximum atomic E-state index is 11.9. The quantitative estimate of drug-likeness (QED) is 0.606. The van der Waals surface area contributed by atoms with Crippen LogP contribution in [0.4, 0.5) is 5.13 Å². The molecule has 0 bridgehead atoms. The zero-order valence-electron chi connectivity index (χ0n) is 11.2. The SMILES string of the molecule is CCSc1nnc(NC(=O)CCc2c(Cl)cccc2Cl)s1. The van der Waals surface area contributed by atoms with Gasteiger partial charge in [-0.05, 0) is 29.9 Å². The Hall–Kier alpha value is -0.820. The second-order valence-electron chi connectivity index (χ2n) is 4.05. The van der Waals surface area contributed by atoms with Crippen molar-refractivity contribution in [3.8, 4) is 0 Å². The Kier molecular flexibility index (Phi) is 6.29. The molecule has 0 saturated carbocycles. The van der Waals surface area contributed by atoms with Crippen LogP contribution in [-0.4, -0.2) is 21.9 Å². The Labute approximate surface area is 141 Å². The molecule has 0 aliphatic carbocycles. The van der Waals surface area contributed by atoms with Crippen molar-refractivity contribution in [2.24, 2.45) is 0 Å². The molecule has 1 heterocycles. The monoisotopic (exact) mass is 361 g/mol. The highest BCUT2D eigenvalue weighted by molar-refractivity contribution is 8.01. The van der Waals surface area contributed by atoms with E-state index in [4.69, 9.17) is 23.2 Å². The van der Waals surface area contributed by atoms with Crippen LogP contribution in [-0.2, 0) is 11.2 Å². The number of thioether (sulfide) groups is 1. The van der Waals surface area contributed by atoms with Gasteiger partial charge in [0.15, 0.2) is 4.34 Å². The number of anilines is 1. The van der Waals surface area contributed by atoms with Crippen LogP contribution in [0.3, 0.4) is 0 Å². The van der Waals surface area contributed by atoms with Crippen LogP contribution < -0.4 is 5.32 Å². The highest BCUT2D eigenvalue weighted by Crippen LogP contribution is 2.27. The predicted octanol–water partition coefficient (Wildman–Crippen LogP) is 4.53. The molecule has 0 fully saturated rings. The number of carbonyl (C=O) groups is 1. The Balaban J connectivity index is 1.90. The number of aromatic nitrogens is 2. The summed E-state index contributed by atoms with van der Waals surface area (Å²) in [5, 5.41) is 12.3. The maximum Gasteiger partial charge on any atom is 0.226 e. The first kappa shape index (κ1) is 16.5. The van der Waals surface area contributed by atoms with Crippen LogP contribution in [0.5, 0.6) is 0 Å². The average molecular weight is 362 g/mol. The van der Waals surface area contributed by atoms with Crippen LogP contribution in [0.25, 0.3) is 0 Å². The third kappa shape index (κ3) is 4.85. The first-order valence-electron chi connectivity index (χ1n) is 6.29. The van der Waals surface area contributed by atoms with Crippen molar-refractivity contribution in [2.75, 3.05) is 11.1 Å². The summed E-state index contributed by atoms with van der Waals surface area (Å²) in [6, 6.07) is 5.31. The van der Waals surface area contributed by atoms with E-state index in [1.165, 1.54) is 11.3 Å². The lowest BCUT2D eigenvalue weighted by Crippen LogP contribution is -2.12. The Morgan fingerprint density at radius 3 is 2.71 bits per heavy atom. The fourth-order valence-electron chi connectivity index (χ4n) is 1.63. The second kappa shape index (κ2) is 7.98. The van der Waals surface area contributed by atoms with Gasteiger partial charge < -0.3 is 5.32 Å². The minimum Gasteiger partial charge on any atom is -0.300 e. The van der Waals surface area contributed by atoms with E-state index < -0.39 is 0 Å². The fraction of sp³-hybridized carbons (Fsp3) is 0.308. The third-order valence-corrected chi connectivity index (χ3v) is 5.15. The topological polar surface area (TPSA) is 54.9 Å². The number of amides is 1. The number of nitrogens with one attached hydrogen (secondary N) is 1. The molecule has 8 heteroatoms. The largest absolute Gasteiger partial charge is 0.300 e. The predicted molar refractivity (Wildman–Crippen MR) is 89.7 cm³/mol. The summed E-state index contributed by atoms with van der Waals surface area (Å²) in [6.07, 6.45) is 0.777. The number of nitrogens with zero attached hydrogens (tertiary/aromatic N) is 2. The summed E-state index contributed by atoms with van der Waals surface area (Å²) < 4.78 is 0.849. The van der Waals surface area contributed by atoms with E-state index in [1.807, 2.05) is 6.92 Å². The van der Waals surface area contributed by atoms with Crippen LogP contribution in [0, 0.1) is 0 Å². The van der Waals surface area contributed by atoms with Crippen LogP contribution >= 0.6 is 46.3 Å². The number of carbonyl (C=O) groups excluding carboxylic acids is 1. The first-order chi connectivity index (χ1) is 10.1. The van der Waals surface area contributed by atoms with Gasteiger partial charge in [0.25, 0.3) is 0 Å². The van der Waals surface area contributed by atoms with Crippen LogP contribution in [0.1, 0.15) is 18.9 Å². The Morgan fingerprint density at radius 2 is 2.05 bits per heavy atom. The smallest absolute Gasteiger partial charge is 0.226 e. The lowest BCUT2D eigenvalue weighted by Gasteiger charge is -2.06. The molecule has 112 valence electrons. The van der Waals surface area contributed by atoms with Gasteiger partial charge in [-0.3, -0.25) is 4.79 Å². The molecular formula is C13H13Cl2N3OS2. The van der Waals surface area contributed by atoms with Crippen LogP contribution in [0.15, 0.2) is 22.5 Å². The minimum atomic E-state index is -0.129.